The molecule has 6 nitrogen and oxygen atoms in total. The van der Waals surface area contributed by atoms with Crippen molar-refractivity contribution in [2.75, 3.05) is 35.8 Å². The summed E-state index contributed by atoms with van der Waals surface area (Å²) in [5, 5.41) is 0.0361. The van der Waals surface area contributed by atoms with Gasteiger partial charge in [0.2, 0.25) is 0 Å². The Bertz CT molecular complexity index is 1320. The molecule has 0 bridgehead atoms. The second kappa shape index (κ2) is 9.64. The number of piperazine rings is 1. The second-order valence-electron chi connectivity index (χ2n) is 8.31. The van der Waals surface area contributed by atoms with E-state index in [9.17, 15) is 17.6 Å². The van der Waals surface area contributed by atoms with E-state index in [2.05, 4.69) is 9.62 Å². The molecule has 0 radical (unpaired) electrons. The molecule has 3 aromatic carbocycles. The summed E-state index contributed by atoms with van der Waals surface area (Å²) in [6.45, 7) is 5.94. The molecule has 34 heavy (non-hydrogen) atoms. The Labute approximate surface area is 204 Å². The molecule has 0 spiro atoms. The van der Waals surface area contributed by atoms with E-state index in [-0.39, 0.29) is 27.2 Å². The number of halogens is 2. The molecule has 1 N–H and O–H groups in total. The molecule has 1 saturated heterocycles. The zero-order valence-corrected chi connectivity index (χ0v) is 20.5. The van der Waals surface area contributed by atoms with E-state index in [1.165, 1.54) is 30.3 Å². The first kappa shape index (κ1) is 24.0. The van der Waals surface area contributed by atoms with Crippen LogP contribution in [-0.2, 0) is 10.0 Å². The fourth-order valence-electron chi connectivity index (χ4n) is 3.86. The Morgan fingerprint density at radius 2 is 1.59 bits per heavy atom. The van der Waals surface area contributed by atoms with Crippen molar-refractivity contribution in [2.45, 2.75) is 18.7 Å². The summed E-state index contributed by atoms with van der Waals surface area (Å²) in [7, 11) is -4.00. The highest BCUT2D eigenvalue weighted by atomic mass is 35.5. The molecule has 1 aliphatic rings. The van der Waals surface area contributed by atoms with Crippen LogP contribution in [0.15, 0.2) is 65.6 Å². The highest BCUT2D eigenvalue weighted by Crippen LogP contribution is 2.27. The quantitative estimate of drug-likeness (QED) is 0.542. The Balaban J connectivity index is 1.49. The summed E-state index contributed by atoms with van der Waals surface area (Å²) < 4.78 is 41.8. The molecule has 1 heterocycles. The van der Waals surface area contributed by atoms with Crippen molar-refractivity contribution in [3.63, 3.8) is 0 Å². The first-order valence-corrected chi connectivity index (χ1v) is 12.7. The number of anilines is 2. The number of hydrogen-bond acceptors (Lipinski definition) is 4. The molecule has 3 aromatic rings. The smallest absolute Gasteiger partial charge is 0.263 e. The molecule has 0 saturated carbocycles. The lowest BCUT2D eigenvalue weighted by molar-refractivity contribution is 0.0746. The van der Waals surface area contributed by atoms with Gasteiger partial charge in [0, 0.05) is 43.1 Å². The highest BCUT2D eigenvalue weighted by molar-refractivity contribution is 7.92. The van der Waals surface area contributed by atoms with Gasteiger partial charge in [-0.25, -0.2) is 12.8 Å². The number of sulfonamides is 1. The number of rotatable bonds is 5. The zero-order valence-electron chi connectivity index (χ0n) is 18.9. The van der Waals surface area contributed by atoms with E-state index in [0.717, 1.165) is 16.8 Å². The van der Waals surface area contributed by atoms with Crippen LogP contribution in [0.25, 0.3) is 0 Å². The molecule has 178 valence electrons. The third-order valence-electron chi connectivity index (χ3n) is 5.99. The average Bonchev–Trinajstić information content (AvgIpc) is 2.82. The number of carbonyl (C=O) groups is 1. The number of carbonyl (C=O) groups excluding carboxylic acids is 1. The van der Waals surface area contributed by atoms with Crippen LogP contribution in [0.2, 0.25) is 5.02 Å². The van der Waals surface area contributed by atoms with Crippen LogP contribution < -0.4 is 9.62 Å². The minimum Gasteiger partial charge on any atom is -0.368 e. The van der Waals surface area contributed by atoms with Crippen molar-refractivity contribution >= 4 is 38.9 Å². The van der Waals surface area contributed by atoms with Gasteiger partial charge in [0.25, 0.3) is 15.9 Å². The van der Waals surface area contributed by atoms with Crippen molar-refractivity contribution in [3.8, 4) is 0 Å². The third-order valence-corrected chi connectivity index (χ3v) is 7.85. The maximum Gasteiger partial charge on any atom is 0.263 e. The lowest BCUT2D eigenvalue weighted by Crippen LogP contribution is -2.48. The van der Waals surface area contributed by atoms with Gasteiger partial charge in [0.15, 0.2) is 0 Å². The van der Waals surface area contributed by atoms with Crippen LogP contribution in [0.3, 0.4) is 0 Å². The second-order valence-corrected chi connectivity index (χ2v) is 10.4. The fraction of sp³-hybridized carbons (Fsp3) is 0.240. The minimum absolute atomic E-state index is 0.0361. The number of hydrogen-bond donors (Lipinski definition) is 1. The van der Waals surface area contributed by atoms with E-state index >= 15 is 0 Å². The summed E-state index contributed by atoms with van der Waals surface area (Å²) in [6, 6.07) is 15.8. The van der Waals surface area contributed by atoms with Crippen molar-refractivity contribution in [2.24, 2.45) is 0 Å². The van der Waals surface area contributed by atoms with Gasteiger partial charge in [-0.1, -0.05) is 17.7 Å². The van der Waals surface area contributed by atoms with Gasteiger partial charge in [-0.2, -0.15) is 0 Å². The Morgan fingerprint density at radius 1 is 0.912 bits per heavy atom. The number of aryl methyl sites for hydroxylation is 2. The summed E-state index contributed by atoms with van der Waals surface area (Å²) in [4.78, 5) is 16.7. The van der Waals surface area contributed by atoms with E-state index in [1.807, 2.05) is 19.9 Å². The number of benzene rings is 3. The van der Waals surface area contributed by atoms with Gasteiger partial charge in [-0.05, 0) is 79.6 Å². The zero-order chi connectivity index (χ0) is 24.5. The number of nitrogens with one attached hydrogen (secondary N) is 1. The molecular weight excluding hydrogens is 477 g/mol. The average molecular weight is 502 g/mol. The fourth-order valence-corrected chi connectivity index (χ4v) is 5.44. The molecule has 1 aliphatic heterocycles. The van der Waals surface area contributed by atoms with Crippen LogP contribution in [0.5, 0.6) is 0 Å². The lowest BCUT2D eigenvalue weighted by Gasteiger charge is -2.36. The summed E-state index contributed by atoms with van der Waals surface area (Å²) >= 11 is 6.21. The van der Waals surface area contributed by atoms with E-state index < -0.39 is 10.0 Å². The predicted molar refractivity (Wildman–Crippen MR) is 133 cm³/mol. The van der Waals surface area contributed by atoms with Gasteiger partial charge in [-0.15, -0.1) is 0 Å². The molecular formula is C25H25ClFN3O3S. The molecule has 0 unspecified atom stereocenters. The molecule has 9 heteroatoms. The van der Waals surface area contributed by atoms with Crippen molar-refractivity contribution in [1.82, 2.24) is 4.90 Å². The van der Waals surface area contributed by atoms with Gasteiger partial charge in [0.05, 0.1) is 5.02 Å². The van der Waals surface area contributed by atoms with Gasteiger partial charge in [0.1, 0.15) is 10.7 Å². The molecule has 0 aromatic heterocycles. The number of nitrogens with zero attached hydrogens (tertiary/aromatic N) is 2. The Hall–Kier alpha value is -3.10. The molecule has 4 rings (SSSR count). The summed E-state index contributed by atoms with van der Waals surface area (Å²) in [6.07, 6.45) is 0. The maximum absolute atomic E-state index is 13.2. The van der Waals surface area contributed by atoms with E-state index in [4.69, 9.17) is 11.6 Å². The lowest BCUT2D eigenvalue weighted by atomic mass is 10.1. The topological polar surface area (TPSA) is 69.7 Å². The Morgan fingerprint density at radius 3 is 2.24 bits per heavy atom. The van der Waals surface area contributed by atoms with Crippen LogP contribution >= 0.6 is 11.6 Å². The predicted octanol–water partition coefficient (Wildman–Crippen LogP) is 4.86. The van der Waals surface area contributed by atoms with E-state index in [1.54, 1.807) is 29.2 Å². The van der Waals surface area contributed by atoms with Crippen LogP contribution in [-0.4, -0.2) is 45.4 Å². The summed E-state index contributed by atoms with van der Waals surface area (Å²) in [5.41, 5.74) is 3.57. The first-order chi connectivity index (χ1) is 16.1. The molecule has 0 aliphatic carbocycles. The normalized spacial score (nSPS) is 14.2. The van der Waals surface area contributed by atoms with Crippen molar-refractivity contribution in [3.05, 3.63) is 88.2 Å². The monoisotopic (exact) mass is 501 g/mol. The van der Waals surface area contributed by atoms with Gasteiger partial charge in [-0.3, -0.25) is 9.52 Å². The van der Waals surface area contributed by atoms with Gasteiger partial charge >= 0.3 is 0 Å². The third kappa shape index (κ3) is 5.18. The van der Waals surface area contributed by atoms with Crippen LogP contribution in [0, 0.1) is 19.7 Å². The molecule has 1 fully saturated rings. The van der Waals surface area contributed by atoms with Crippen molar-refractivity contribution in [1.29, 1.82) is 0 Å². The summed E-state index contributed by atoms with van der Waals surface area (Å²) in [5.74, 6) is -0.559. The SMILES string of the molecule is Cc1ccc(NS(=O)(=O)c2cc(C(=O)N3CCN(c4ccc(F)cc4)CC3)ccc2Cl)cc1C. The maximum atomic E-state index is 13.2. The standard InChI is InChI=1S/C25H25ClFN3O3S/c1-17-3-7-21(15-18(17)2)28-34(32,33)24-16-19(4-10-23(24)26)25(31)30-13-11-29(12-14-30)22-8-5-20(27)6-9-22/h3-10,15-16,28H,11-14H2,1-2H3. The van der Waals surface area contributed by atoms with Crippen LogP contribution in [0.4, 0.5) is 15.8 Å². The largest absolute Gasteiger partial charge is 0.368 e. The Kier molecular flexibility index (Phi) is 6.81. The molecule has 0 atom stereocenters. The molecule has 1 amide bonds. The van der Waals surface area contributed by atoms with Crippen molar-refractivity contribution < 1.29 is 17.6 Å². The first-order valence-electron chi connectivity index (χ1n) is 10.8. The van der Waals surface area contributed by atoms with Gasteiger partial charge < -0.3 is 9.80 Å². The minimum atomic E-state index is -4.00. The van der Waals surface area contributed by atoms with Crippen LogP contribution in [0.1, 0.15) is 21.5 Å². The number of amides is 1. The highest BCUT2D eigenvalue weighted by Gasteiger charge is 2.25. The van der Waals surface area contributed by atoms with E-state index in [0.29, 0.717) is 31.9 Å².